The van der Waals surface area contributed by atoms with E-state index in [1.54, 1.807) is 37.3 Å². The Hall–Kier alpha value is -4.55. The van der Waals surface area contributed by atoms with E-state index in [-0.39, 0.29) is 28.0 Å². The molecule has 4 amide bonds. The first-order valence-corrected chi connectivity index (χ1v) is 14.3. The molecule has 0 bridgehead atoms. The molecular weight excluding hydrogens is 601 g/mol. The molecule has 4 rings (SSSR count). The third-order valence-electron chi connectivity index (χ3n) is 5.73. The molecule has 1 saturated heterocycles. The smallest absolute Gasteiger partial charge is 0.294 e. The fourth-order valence-corrected chi connectivity index (χ4v) is 4.99. The lowest BCUT2D eigenvalue weighted by Gasteiger charge is -2.15. The van der Waals surface area contributed by atoms with Crippen molar-refractivity contribution in [1.82, 2.24) is 4.90 Å². The molecule has 1 heterocycles. The van der Waals surface area contributed by atoms with E-state index >= 15 is 0 Å². The lowest BCUT2D eigenvalue weighted by molar-refractivity contribution is -0.127. The molecule has 1 aliphatic rings. The van der Waals surface area contributed by atoms with Gasteiger partial charge in [0.15, 0.2) is 18.1 Å². The van der Waals surface area contributed by atoms with Gasteiger partial charge in [-0.05, 0) is 97.9 Å². The molecule has 0 aliphatic carbocycles. The van der Waals surface area contributed by atoms with E-state index < -0.39 is 41.9 Å². The van der Waals surface area contributed by atoms with E-state index in [0.29, 0.717) is 41.1 Å². The molecule has 3 aromatic carbocycles. The summed E-state index contributed by atoms with van der Waals surface area (Å²) in [6.45, 7) is 3.49. The van der Waals surface area contributed by atoms with Gasteiger partial charge in [0, 0.05) is 11.4 Å². The topological polar surface area (TPSA) is 123 Å². The first-order valence-electron chi connectivity index (χ1n) is 13.1. The van der Waals surface area contributed by atoms with Crippen molar-refractivity contribution >= 4 is 63.8 Å². The van der Waals surface area contributed by atoms with Crippen LogP contribution in [0.15, 0.2) is 65.6 Å². The van der Waals surface area contributed by atoms with E-state index in [4.69, 9.17) is 25.8 Å². The van der Waals surface area contributed by atoms with Gasteiger partial charge in [0.2, 0.25) is 5.91 Å². The van der Waals surface area contributed by atoms with E-state index in [1.807, 2.05) is 6.92 Å². The number of carbonyl (C=O) groups is 4. The maximum atomic E-state index is 13.1. The molecule has 0 saturated carbocycles. The average molecular weight is 628 g/mol. The second-order valence-corrected chi connectivity index (χ2v) is 10.3. The molecule has 1 fully saturated rings. The normalized spacial score (nSPS) is 13.7. The number of hydrogen-bond donors (Lipinski definition) is 2. The number of benzene rings is 3. The van der Waals surface area contributed by atoms with Crippen LogP contribution < -0.4 is 24.8 Å². The highest BCUT2D eigenvalue weighted by molar-refractivity contribution is 8.18. The van der Waals surface area contributed by atoms with Crippen LogP contribution in [0, 0.1) is 5.82 Å². The molecule has 224 valence electrons. The Kier molecular flexibility index (Phi) is 10.6. The van der Waals surface area contributed by atoms with Crippen molar-refractivity contribution in [3.8, 4) is 17.2 Å². The molecule has 0 radical (unpaired) electrons. The van der Waals surface area contributed by atoms with Gasteiger partial charge in [-0.25, -0.2) is 4.39 Å². The molecule has 13 heteroatoms. The number of imide groups is 1. The van der Waals surface area contributed by atoms with E-state index in [9.17, 15) is 23.6 Å². The maximum Gasteiger partial charge on any atom is 0.294 e. The van der Waals surface area contributed by atoms with Crippen LogP contribution in [0.2, 0.25) is 5.02 Å². The summed E-state index contributed by atoms with van der Waals surface area (Å²) in [6.07, 6.45) is 1.45. The lowest BCUT2D eigenvalue weighted by Crippen LogP contribution is -2.36. The Morgan fingerprint density at radius 1 is 0.907 bits per heavy atom. The van der Waals surface area contributed by atoms with Crippen LogP contribution >= 0.6 is 23.4 Å². The summed E-state index contributed by atoms with van der Waals surface area (Å²) in [6, 6.07) is 15.0. The number of thioether (sulfide) groups is 1. The highest BCUT2D eigenvalue weighted by Gasteiger charge is 2.36. The molecule has 1 aliphatic heterocycles. The van der Waals surface area contributed by atoms with Gasteiger partial charge < -0.3 is 24.8 Å². The summed E-state index contributed by atoms with van der Waals surface area (Å²) in [5.41, 5.74) is 1.31. The maximum absolute atomic E-state index is 13.1. The summed E-state index contributed by atoms with van der Waals surface area (Å²) in [5.74, 6) is -1.15. The van der Waals surface area contributed by atoms with Crippen molar-refractivity contribution in [2.45, 2.75) is 13.8 Å². The Balaban J connectivity index is 1.41. The van der Waals surface area contributed by atoms with Crippen molar-refractivity contribution in [3.05, 3.63) is 82.0 Å². The molecule has 2 N–H and O–H groups in total. The fourth-order valence-electron chi connectivity index (χ4n) is 3.88. The van der Waals surface area contributed by atoms with Crippen molar-refractivity contribution in [2.75, 3.05) is 37.0 Å². The van der Waals surface area contributed by atoms with Crippen molar-refractivity contribution < 1.29 is 37.8 Å². The third kappa shape index (κ3) is 8.49. The minimum absolute atomic E-state index is 0.0877. The monoisotopic (exact) mass is 627 g/mol. The van der Waals surface area contributed by atoms with Gasteiger partial charge in [-0.3, -0.25) is 24.1 Å². The second-order valence-electron chi connectivity index (χ2n) is 8.88. The van der Waals surface area contributed by atoms with Crippen molar-refractivity contribution in [3.63, 3.8) is 0 Å². The van der Waals surface area contributed by atoms with Crippen LogP contribution in [0.25, 0.3) is 6.08 Å². The Labute approximate surface area is 256 Å². The fraction of sp³-hybridized carbons (Fsp3) is 0.200. The predicted molar refractivity (Wildman–Crippen MR) is 162 cm³/mol. The number of halogens is 2. The molecule has 3 aromatic rings. The Bertz CT molecular complexity index is 1550. The third-order valence-corrected chi connectivity index (χ3v) is 6.92. The van der Waals surface area contributed by atoms with Crippen LogP contribution in [-0.2, 0) is 14.4 Å². The largest absolute Gasteiger partial charge is 0.494 e. The van der Waals surface area contributed by atoms with Gasteiger partial charge in [-0.1, -0.05) is 11.6 Å². The van der Waals surface area contributed by atoms with Crippen LogP contribution in [0.1, 0.15) is 19.4 Å². The van der Waals surface area contributed by atoms with Gasteiger partial charge >= 0.3 is 0 Å². The number of amides is 4. The molecule has 0 aromatic heterocycles. The summed E-state index contributed by atoms with van der Waals surface area (Å²) in [4.78, 5) is 51.4. The molecule has 43 heavy (non-hydrogen) atoms. The highest BCUT2D eigenvalue weighted by Crippen LogP contribution is 2.39. The highest BCUT2D eigenvalue weighted by atomic mass is 35.5. The Morgan fingerprint density at radius 2 is 1.53 bits per heavy atom. The number of rotatable bonds is 12. The standard InChI is InChI=1S/C30H27ClFN3O7S/c1-3-40-22-11-9-21(10-12-22)33-26(36)16-35-29(38)25(43-30(35)39)15-18-13-23(31)28(24(14-18)41-4-2)42-17-27(37)34-20-7-5-19(32)6-8-20/h5-15H,3-4,16-17H2,1-2H3,(H,33,36)(H,34,37)/b25-15+. The summed E-state index contributed by atoms with van der Waals surface area (Å²) in [7, 11) is 0. The zero-order chi connectivity index (χ0) is 30.9. The number of ether oxygens (including phenoxy) is 3. The van der Waals surface area contributed by atoms with Gasteiger partial charge in [0.05, 0.1) is 23.1 Å². The first-order chi connectivity index (χ1) is 20.7. The number of nitrogens with one attached hydrogen (secondary N) is 2. The van der Waals surface area contributed by atoms with Gasteiger partial charge in [0.25, 0.3) is 17.1 Å². The minimum atomic E-state index is -0.635. The predicted octanol–water partition coefficient (Wildman–Crippen LogP) is 5.97. The van der Waals surface area contributed by atoms with Gasteiger partial charge in [0.1, 0.15) is 18.1 Å². The van der Waals surface area contributed by atoms with Crippen LogP contribution in [-0.4, -0.2) is 54.2 Å². The van der Waals surface area contributed by atoms with E-state index in [0.717, 1.165) is 4.90 Å². The van der Waals surface area contributed by atoms with Gasteiger partial charge in [-0.2, -0.15) is 0 Å². The van der Waals surface area contributed by atoms with Crippen molar-refractivity contribution in [2.24, 2.45) is 0 Å². The van der Waals surface area contributed by atoms with Crippen LogP contribution in [0.3, 0.4) is 0 Å². The summed E-state index contributed by atoms with van der Waals surface area (Å²) in [5, 5.41) is 4.74. The molecule has 10 nitrogen and oxygen atoms in total. The number of hydrogen-bond acceptors (Lipinski definition) is 8. The SMILES string of the molecule is CCOc1ccc(NC(=O)CN2C(=O)S/C(=C/c3cc(Cl)c(OCC(=O)Nc4ccc(F)cc4)c(OCC)c3)C2=O)cc1. The zero-order valence-corrected chi connectivity index (χ0v) is 24.7. The second kappa shape index (κ2) is 14.6. The number of nitrogens with zero attached hydrogens (tertiary/aromatic N) is 1. The minimum Gasteiger partial charge on any atom is -0.494 e. The Morgan fingerprint density at radius 3 is 2.19 bits per heavy atom. The molecule has 0 spiro atoms. The van der Waals surface area contributed by atoms with Crippen molar-refractivity contribution in [1.29, 1.82) is 0 Å². The quantitative estimate of drug-likeness (QED) is 0.236. The number of anilines is 2. The molecule has 0 unspecified atom stereocenters. The lowest BCUT2D eigenvalue weighted by atomic mass is 10.1. The average Bonchev–Trinajstić information content (AvgIpc) is 3.22. The molecular formula is C30H27ClFN3O7S. The van der Waals surface area contributed by atoms with E-state index in [2.05, 4.69) is 10.6 Å². The summed E-state index contributed by atoms with van der Waals surface area (Å²) >= 11 is 7.13. The molecule has 0 atom stereocenters. The van der Waals surface area contributed by atoms with Crippen LogP contribution in [0.4, 0.5) is 20.6 Å². The van der Waals surface area contributed by atoms with E-state index in [1.165, 1.54) is 36.4 Å². The van der Waals surface area contributed by atoms with Gasteiger partial charge in [-0.15, -0.1) is 0 Å². The van der Waals surface area contributed by atoms with Crippen LogP contribution in [0.5, 0.6) is 17.2 Å². The zero-order valence-electron chi connectivity index (χ0n) is 23.1. The first kappa shape index (κ1) is 31.4. The number of carbonyl (C=O) groups excluding carboxylic acids is 4. The summed E-state index contributed by atoms with van der Waals surface area (Å²) < 4.78 is 29.7.